The zero-order valence-electron chi connectivity index (χ0n) is 7.09. The zero-order chi connectivity index (χ0) is 8.10. The molecule has 0 bridgehead atoms. The van der Waals surface area contributed by atoms with Crippen molar-refractivity contribution in [1.82, 2.24) is 4.98 Å². The lowest BCUT2D eigenvalue weighted by Crippen LogP contribution is -2.02. The van der Waals surface area contributed by atoms with Gasteiger partial charge >= 0.3 is 0 Å². The molecule has 0 aliphatic carbocycles. The Labute approximate surface area is 67.7 Å². The highest BCUT2D eigenvalue weighted by Crippen LogP contribution is 2.08. The molecule has 0 radical (unpaired) electrons. The van der Waals surface area contributed by atoms with Gasteiger partial charge in [-0.1, -0.05) is 13.0 Å². The van der Waals surface area contributed by atoms with Crippen molar-refractivity contribution in [2.75, 3.05) is 11.9 Å². The topological polar surface area (TPSA) is 24.9 Å². The van der Waals surface area contributed by atoms with Gasteiger partial charge in [0.05, 0.1) is 0 Å². The number of nitrogens with one attached hydrogen (secondary N) is 1. The number of aryl methyl sites for hydroxylation is 1. The van der Waals surface area contributed by atoms with Gasteiger partial charge in [0.25, 0.3) is 0 Å². The summed E-state index contributed by atoms with van der Waals surface area (Å²) in [6.45, 7) is 5.20. The van der Waals surface area contributed by atoms with E-state index in [-0.39, 0.29) is 0 Å². The first kappa shape index (κ1) is 8.05. The van der Waals surface area contributed by atoms with Crippen LogP contribution < -0.4 is 5.32 Å². The molecule has 60 valence electrons. The van der Waals surface area contributed by atoms with Gasteiger partial charge < -0.3 is 5.32 Å². The molecule has 0 aromatic carbocycles. The van der Waals surface area contributed by atoms with Gasteiger partial charge in [-0.05, 0) is 25.0 Å². The van der Waals surface area contributed by atoms with Crippen LogP contribution >= 0.6 is 0 Å². The fourth-order valence-electron chi connectivity index (χ4n) is 0.914. The molecule has 0 amide bonds. The first-order valence-electron chi connectivity index (χ1n) is 4.00. The van der Waals surface area contributed by atoms with Crippen LogP contribution in [0.3, 0.4) is 0 Å². The summed E-state index contributed by atoms with van der Waals surface area (Å²) in [5, 5.41) is 3.25. The van der Waals surface area contributed by atoms with E-state index in [2.05, 4.69) is 30.2 Å². The molecule has 0 saturated heterocycles. The number of hydrogen-bond acceptors (Lipinski definition) is 2. The fourth-order valence-corrected chi connectivity index (χ4v) is 0.914. The lowest BCUT2D eigenvalue weighted by Gasteiger charge is -2.05. The number of aromatic nitrogens is 1. The van der Waals surface area contributed by atoms with Crippen LogP contribution in [0.15, 0.2) is 18.3 Å². The first-order valence-corrected chi connectivity index (χ1v) is 4.00. The Hall–Kier alpha value is -1.05. The van der Waals surface area contributed by atoms with Crippen LogP contribution in [0.5, 0.6) is 0 Å². The monoisotopic (exact) mass is 150 g/mol. The van der Waals surface area contributed by atoms with E-state index in [9.17, 15) is 0 Å². The molecule has 0 fully saturated rings. The van der Waals surface area contributed by atoms with E-state index in [1.165, 1.54) is 5.56 Å². The van der Waals surface area contributed by atoms with Gasteiger partial charge in [-0.15, -0.1) is 0 Å². The Balaban J connectivity index is 2.62. The molecular formula is C9H14N2. The number of pyridine rings is 1. The van der Waals surface area contributed by atoms with Gasteiger partial charge in [-0.3, -0.25) is 0 Å². The minimum atomic E-state index is 0.998. The van der Waals surface area contributed by atoms with Crippen LogP contribution in [-0.4, -0.2) is 11.5 Å². The second-order valence-electron chi connectivity index (χ2n) is 2.60. The SMILES string of the molecule is CCCNc1ncccc1C. The van der Waals surface area contributed by atoms with E-state index in [0.717, 1.165) is 18.8 Å². The highest BCUT2D eigenvalue weighted by atomic mass is 15.0. The number of anilines is 1. The summed E-state index contributed by atoms with van der Waals surface area (Å²) in [4.78, 5) is 4.20. The molecule has 0 saturated carbocycles. The highest BCUT2D eigenvalue weighted by Gasteiger charge is 1.93. The van der Waals surface area contributed by atoms with Crippen molar-refractivity contribution in [3.05, 3.63) is 23.9 Å². The smallest absolute Gasteiger partial charge is 0.128 e. The maximum Gasteiger partial charge on any atom is 0.128 e. The molecule has 1 rings (SSSR count). The Kier molecular flexibility index (Phi) is 2.90. The van der Waals surface area contributed by atoms with Gasteiger partial charge in [0.15, 0.2) is 0 Å². The molecule has 0 aliphatic rings. The Bertz CT molecular complexity index is 221. The number of nitrogens with zero attached hydrogens (tertiary/aromatic N) is 1. The average molecular weight is 150 g/mol. The van der Waals surface area contributed by atoms with Gasteiger partial charge in [0.1, 0.15) is 5.82 Å². The lowest BCUT2D eigenvalue weighted by molar-refractivity contribution is 0.966. The minimum Gasteiger partial charge on any atom is -0.370 e. The number of rotatable bonds is 3. The third kappa shape index (κ3) is 2.22. The van der Waals surface area contributed by atoms with Gasteiger partial charge in [0, 0.05) is 12.7 Å². The predicted octanol–water partition coefficient (Wildman–Crippen LogP) is 2.21. The molecule has 0 spiro atoms. The van der Waals surface area contributed by atoms with Crippen molar-refractivity contribution in [3.8, 4) is 0 Å². The van der Waals surface area contributed by atoms with Crippen molar-refractivity contribution >= 4 is 5.82 Å². The molecule has 1 aromatic rings. The maximum absolute atomic E-state index is 4.20. The fraction of sp³-hybridized carbons (Fsp3) is 0.444. The molecule has 0 unspecified atom stereocenters. The Morgan fingerprint density at radius 2 is 2.36 bits per heavy atom. The molecule has 11 heavy (non-hydrogen) atoms. The minimum absolute atomic E-state index is 0.998. The van der Waals surface area contributed by atoms with Crippen molar-refractivity contribution < 1.29 is 0 Å². The van der Waals surface area contributed by atoms with Crippen molar-refractivity contribution in [1.29, 1.82) is 0 Å². The molecular weight excluding hydrogens is 136 g/mol. The van der Waals surface area contributed by atoms with E-state index >= 15 is 0 Å². The number of hydrogen-bond donors (Lipinski definition) is 1. The van der Waals surface area contributed by atoms with Crippen molar-refractivity contribution in [2.24, 2.45) is 0 Å². The summed E-state index contributed by atoms with van der Waals surface area (Å²) in [6.07, 6.45) is 2.95. The van der Waals surface area contributed by atoms with Gasteiger partial charge in [-0.2, -0.15) is 0 Å². The maximum atomic E-state index is 4.20. The largest absolute Gasteiger partial charge is 0.370 e. The van der Waals surface area contributed by atoms with Crippen LogP contribution in [0.2, 0.25) is 0 Å². The summed E-state index contributed by atoms with van der Waals surface area (Å²) in [5.41, 5.74) is 1.21. The third-order valence-electron chi connectivity index (χ3n) is 1.55. The summed E-state index contributed by atoms with van der Waals surface area (Å²) in [5.74, 6) is 1.01. The molecule has 0 atom stereocenters. The normalized spacial score (nSPS) is 9.64. The highest BCUT2D eigenvalue weighted by molar-refractivity contribution is 5.42. The summed E-state index contributed by atoms with van der Waals surface area (Å²) in [6, 6.07) is 4.01. The van der Waals surface area contributed by atoms with E-state index in [4.69, 9.17) is 0 Å². The summed E-state index contributed by atoms with van der Waals surface area (Å²) in [7, 11) is 0. The van der Waals surface area contributed by atoms with Crippen LogP contribution in [0.25, 0.3) is 0 Å². The van der Waals surface area contributed by atoms with Crippen molar-refractivity contribution in [2.45, 2.75) is 20.3 Å². The second kappa shape index (κ2) is 3.96. The third-order valence-corrected chi connectivity index (χ3v) is 1.55. The summed E-state index contributed by atoms with van der Waals surface area (Å²) < 4.78 is 0. The molecule has 1 N–H and O–H groups in total. The molecule has 2 nitrogen and oxygen atoms in total. The van der Waals surface area contributed by atoms with E-state index in [1.54, 1.807) is 0 Å². The Morgan fingerprint density at radius 1 is 1.55 bits per heavy atom. The first-order chi connectivity index (χ1) is 5.34. The van der Waals surface area contributed by atoms with Crippen LogP contribution in [-0.2, 0) is 0 Å². The zero-order valence-corrected chi connectivity index (χ0v) is 7.09. The van der Waals surface area contributed by atoms with Crippen LogP contribution in [0.4, 0.5) is 5.82 Å². The van der Waals surface area contributed by atoms with Crippen LogP contribution in [0.1, 0.15) is 18.9 Å². The Morgan fingerprint density at radius 3 is 3.00 bits per heavy atom. The van der Waals surface area contributed by atoms with Gasteiger partial charge in [-0.25, -0.2) is 4.98 Å². The molecule has 2 heteroatoms. The van der Waals surface area contributed by atoms with E-state index in [1.807, 2.05) is 12.3 Å². The molecule has 0 aliphatic heterocycles. The lowest BCUT2D eigenvalue weighted by atomic mass is 10.3. The van der Waals surface area contributed by atoms with E-state index < -0.39 is 0 Å². The predicted molar refractivity (Wildman–Crippen MR) is 47.8 cm³/mol. The van der Waals surface area contributed by atoms with Crippen molar-refractivity contribution in [3.63, 3.8) is 0 Å². The quantitative estimate of drug-likeness (QED) is 0.714. The summed E-state index contributed by atoms with van der Waals surface area (Å²) >= 11 is 0. The standard InChI is InChI=1S/C9H14N2/c1-3-6-10-9-8(2)5-4-7-11-9/h4-5,7H,3,6H2,1-2H3,(H,10,11). The average Bonchev–Trinajstić information content (AvgIpc) is 2.03. The van der Waals surface area contributed by atoms with Crippen LogP contribution in [0, 0.1) is 6.92 Å². The second-order valence-corrected chi connectivity index (χ2v) is 2.60. The van der Waals surface area contributed by atoms with Gasteiger partial charge in [0.2, 0.25) is 0 Å². The molecule has 1 heterocycles. The molecule has 1 aromatic heterocycles. The van der Waals surface area contributed by atoms with E-state index in [0.29, 0.717) is 0 Å².